The highest BCUT2D eigenvalue weighted by atomic mass is 32.1. The van der Waals surface area contributed by atoms with E-state index < -0.39 is 5.97 Å². The lowest BCUT2D eigenvalue weighted by Crippen LogP contribution is -2.15. The second-order valence-electron chi connectivity index (χ2n) is 7.33. The quantitative estimate of drug-likeness (QED) is 0.415. The fraction of sp³-hybridized carbons (Fsp3) is 0.333. The molecule has 0 saturated heterocycles. The van der Waals surface area contributed by atoms with Gasteiger partial charge >= 0.3 is 5.97 Å². The van der Waals surface area contributed by atoms with Gasteiger partial charge in [-0.25, -0.2) is 9.78 Å². The van der Waals surface area contributed by atoms with Crippen molar-refractivity contribution in [2.75, 3.05) is 20.8 Å². The first-order valence-electron chi connectivity index (χ1n) is 9.97. The number of carbonyl (C=O) groups excluding carboxylic acids is 1. The maximum absolute atomic E-state index is 12.2. The Labute approximate surface area is 186 Å². The Hall–Kier alpha value is -3.06. The molecule has 1 aromatic heterocycles. The number of ether oxygens (including phenoxy) is 4. The molecule has 31 heavy (non-hydrogen) atoms. The van der Waals surface area contributed by atoms with E-state index in [1.165, 1.54) is 11.3 Å². The molecule has 2 aromatic carbocycles. The van der Waals surface area contributed by atoms with Gasteiger partial charge in [-0.05, 0) is 42.2 Å². The molecule has 0 aliphatic rings. The molecule has 0 aliphatic carbocycles. The van der Waals surface area contributed by atoms with Crippen LogP contribution in [0.1, 0.15) is 36.6 Å². The highest BCUT2D eigenvalue weighted by Crippen LogP contribution is 2.39. The summed E-state index contributed by atoms with van der Waals surface area (Å²) in [7, 11) is 3.19. The van der Waals surface area contributed by atoms with Crippen LogP contribution in [0.4, 0.5) is 0 Å². The lowest BCUT2D eigenvalue weighted by molar-refractivity contribution is -0.147. The van der Waals surface area contributed by atoms with E-state index in [2.05, 4.69) is 18.8 Å². The summed E-state index contributed by atoms with van der Waals surface area (Å²) in [6.07, 6.45) is 0. The summed E-state index contributed by atoms with van der Waals surface area (Å²) in [5.41, 5.74) is 3.63. The number of aryl methyl sites for hydroxylation is 1. The van der Waals surface area contributed by atoms with Gasteiger partial charge < -0.3 is 18.9 Å². The number of rotatable bonds is 9. The number of para-hydroxylation sites is 1. The predicted molar refractivity (Wildman–Crippen MR) is 121 cm³/mol. The van der Waals surface area contributed by atoms with Crippen LogP contribution in [0.15, 0.2) is 41.8 Å². The van der Waals surface area contributed by atoms with Crippen LogP contribution in [0.25, 0.3) is 10.6 Å². The Morgan fingerprint density at radius 2 is 1.90 bits per heavy atom. The van der Waals surface area contributed by atoms with Crippen molar-refractivity contribution >= 4 is 17.3 Å². The zero-order valence-corrected chi connectivity index (χ0v) is 19.2. The predicted octanol–water partition coefficient (Wildman–Crippen LogP) is 5.38. The van der Waals surface area contributed by atoms with Crippen LogP contribution in [0.5, 0.6) is 17.2 Å². The van der Waals surface area contributed by atoms with Crippen LogP contribution in [-0.4, -0.2) is 31.8 Å². The molecule has 0 N–H and O–H groups in total. The number of thiazole rings is 1. The molecule has 1 heterocycles. The van der Waals surface area contributed by atoms with Crippen molar-refractivity contribution in [1.29, 1.82) is 0 Å². The molecule has 0 saturated carbocycles. The fourth-order valence-corrected chi connectivity index (χ4v) is 3.95. The third-order valence-electron chi connectivity index (χ3n) is 4.70. The molecule has 0 amide bonds. The Morgan fingerprint density at radius 1 is 1.10 bits per heavy atom. The highest BCUT2D eigenvalue weighted by Gasteiger charge is 2.16. The van der Waals surface area contributed by atoms with Crippen LogP contribution in [0, 0.1) is 6.92 Å². The summed E-state index contributed by atoms with van der Waals surface area (Å²) in [5.74, 6) is 1.83. The van der Waals surface area contributed by atoms with Gasteiger partial charge in [0.1, 0.15) is 17.4 Å². The molecule has 3 aromatic rings. The average Bonchev–Trinajstić information content (AvgIpc) is 3.24. The second kappa shape index (κ2) is 10.3. The number of esters is 1. The van der Waals surface area contributed by atoms with Crippen LogP contribution in [0.3, 0.4) is 0 Å². The van der Waals surface area contributed by atoms with Gasteiger partial charge in [0.25, 0.3) is 0 Å². The molecule has 0 spiro atoms. The lowest BCUT2D eigenvalue weighted by atomic mass is 10.0. The Kier molecular flexibility index (Phi) is 7.52. The van der Waals surface area contributed by atoms with Gasteiger partial charge in [0.15, 0.2) is 18.1 Å². The number of hydrogen-bond acceptors (Lipinski definition) is 7. The number of methoxy groups -OCH3 is 2. The zero-order valence-electron chi connectivity index (χ0n) is 18.4. The molecule has 0 atom stereocenters. The van der Waals surface area contributed by atoms with Gasteiger partial charge in [-0.1, -0.05) is 32.0 Å². The maximum atomic E-state index is 12.2. The highest BCUT2D eigenvalue weighted by molar-refractivity contribution is 7.13. The van der Waals surface area contributed by atoms with Gasteiger partial charge in [0, 0.05) is 5.38 Å². The molecular weight excluding hydrogens is 414 g/mol. The molecule has 0 bridgehead atoms. The fourth-order valence-electron chi connectivity index (χ4n) is 3.13. The van der Waals surface area contributed by atoms with E-state index in [9.17, 15) is 4.79 Å². The summed E-state index contributed by atoms with van der Waals surface area (Å²) in [6.45, 7) is 6.10. The zero-order chi connectivity index (χ0) is 22.4. The molecule has 0 radical (unpaired) electrons. The molecule has 0 unspecified atom stereocenters. The van der Waals surface area contributed by atoms with E-state index in [4.69, 9.17) is 18.9 Å². The van der Waals surface area contributed by atoms with Crippen molar-refractivity contribution in [2.24, 2.45) is 0 Å². The van der Waals surface area contributed by atoms with Crippen molar-refractivity contribution in [2.45, 2.75) is 33.3 Å². The summed E-state index contributed by atoms with van der Waals surface area (Å²) in [4.78, 5) is 16.8. The van der Waals surface area contributed by atoms with Crippen LogP contribution in [-0.2, 0) is 16.1 Å². The topological polar surface area (TPSA) is 66.9 Å². The number of nitrogens with zero attached hydrogens (tertiary/aromatic N) is 1. The van der Waals surface area contributed by atoms with Crippen LogP contribution >= 0.6 is 11.3 Å². The molecule has 7 heteroatoms. The van der Waals surface area contributed by atoms with E-state index in [1.54, 1.807) is 14.2 Å². The van der Waals surface area contributed by atoms with Gasteiger partial charge in [-0.3, -0.25) is 0 Å². The first kappa shape index (κ1) is 22.6. The molecular formula is C24H27NO5S. The van der Waals surface area contributed by atoms with Crippen LogP contribution in [0.2, 0.25) is 0 Å². The standard InChI is InChI=1S/C24H27NO5S/c1-15(2)18-10-9-16(3)11-21(18)29-13-22(26)30-12-17-14-31-24(25-17)19-7-6-8-20(27-4)23(19)28-5/h6-11,14-15H,12-13H2,1-5H3. The molecule has 0 aliphatic heterocycles. The minimum atomic E-state index is -0.440. The Morgan fingerprint density at radius 3 is 2.61 bits per heavy atom. The largest absolute Gasteiger partial charge is 0.493 e. The number of hydrogen-bond donors (Lipinski definition) is 0. The van der Waals surface area contributed by atoms with Crippen molar-refractivity contribution < 1.29 is 23.7 Å². The van der Waals surface area contributed by atoms with Crippen molar-refractivity contribution in [3.8, 4) is 27.8 Å². The number of aromatic nitrogens is 1. The van der Waals surface area contributed by atoms with Crippen molar-refractivity contribution in [1.82, 2.24) is 4.98 Å². The number of benzene rings is 2. The third kappa shape index (κ3) is 5.55. The van der Waals surface area contributed by atoms with Gasteiger partial charge in [0.2, 0.25) is 0 Å². The van der Waals surface area contributed by atoms with Gasteiger partial charge in [-0.15, -0.1) is 11.3 Å². The Bertz CT molecular complexity index is 1040. The molecule has 164 valence electrons. The second-order valence-corrected chi connectivity index (χ2v) is 8.19. The third-order valence-corrected chi connectivity index (χ3v) is 5.63. The smallest absolute Gasteiger partial charge is 0.344 e. The van der Waals surface area contributed by atoms with E-state index in [1.807, 2.05) is 48.7 Å². The summed E-state index contributed by atoms with van der Waals surface area (Å²) >= 11 is 1.45. The van der Waals surface area contributed by atoms with Crippen LogP contribution < -0.4 is 14.2 Å². The van der Waals surface area contributed by atoms with Crippen molar-refractivity contribution in [3.63, 3.8) is 0 Å². The number of carbonyl (C=O) groups is 1. The first-order valence-corrected chi connectivity index (χ1v) is 10.9. The maximum Gasteiger partial charge on any atom is 0.344 e. The molecule has 0 fully saturated rings. The summed E-state index contributed by atoms with van der Waals surface area (Å²) < 4.78 is 21.9. The normalized spacial score (nSPS) is 10.8. The van der Waals surface area contributed by atoms with E-state index >= 15 is 0 Å². The van der Waals surface area contributed by atoms with Gasteiger partial charge in [0.05, 0.1) is 25.5 Å². The van der Waals surface area contributed by atoms with Crippen molar-refractivity contribution in [3.05, 3.63) is 58.6 Å². The SMILES string of the molecule is COc1cccc(-c2nc(COC(=O)COc3cc(C)ccc3C(C)C)cs2)c1OC. The minimum absolute atomic E-state index is 0.0792. The average molecular weight is 442 g/mol. The first-order chi connectivity index (χ1) is 14.9. The molecule has 3 rings (SSSR count). The van der Waals surface area contributed by atoms with E-state index in [-0.39, 0.29) is 13.2 Å². The summed E-state index contributed by atoms with van der Waals surface area (Å²) in [6, 6.07) is 11.6. The Balaban J connectivity index is 1.61. The van der Waals surface area contributed by atoms with E-state index in [0.717, 1.165) is 21.7 Å². The minimum Gasteiger partial charge on any atom is -0.493 e. The van der Waals surface area contributed by atoms with Gasteiger partial charge in [-0.2, -0.15) is 0 Å². The van der Waals surface area contributed by atoms with E-state index in [0.29, 0.717) is 28.9 Å². The monoisotopic (exact) mass is 441 g/mol. The lowest BCUT2D eigenvalue weighted by Gasteiger charge is -2.14. The molecule has 6 nitrogen and oxygen atoms in total. The summed E-state index contributed by atoms with van der Waals surface area (Å²) in [5, 5.41) is 2.62.